The van der Waals surface area contributed by atoms with Gasteiger partial charge < -0.3 is 15.3 Å². The van der Waals surface area contributed by atoms with Gasteiger partial charge in [0.25, 0.3) is 11.8 Å². The average molecular weight is 445 g/mol. The number of nitrogens with zero attached hydrogens (tertiary/aromatic N) is 2. The summed E-state index contributed by atoms with van der Waals surface area (Å²) in [7, 11) is 0. The van der Waals surface area contributed by atoms with Crippen molar-refractivity contribution in [2.24, 2.45) is 0 Å². The molecule has 0 aromatic heterocycles. The van der Waals surface area contributed by atoms with Crippen molar-refractivity contribution in [3.8, 4) is 0 Å². The van der Waals surface area contributed by atoms with Crippen LogP contribution in [0.2, 0.25) is 0 Å². The zero-order valence-electron chi connectivity index (χ0n) is 15.5. The Hall–Kier alpha value is -2.60. The summed E-state index contributed by atoms with van der Waals surface area (Å²) in [6.07, 6.45) is -4.59. The first-order chi connectivity index (χ1) is 14.1. The van der Waals surface area contributed by atoms with Crippen LogP contribution in [0.15, 0.2) is 24.3 Å². The number of aliphatic carboxylic acids is 1. The van der Waals surface area contributed by atoms with Crippen LogP contribution < -0.4 is 5.32 Å². The van der Waals surface area contributed by atoms with Gasteiger partial charge in [-0.15, -0.1) is 11.8 Å². The normalized spacial score (nSPS) is 23.3. The molecule has 2 atom stereocenters. The Balaban J connectivity index is 0.000000318. The van der Waals surface area contributed by atoms with Crippen molar-refractivity contribution in [2.75, 3.05) is 24.7 Å². The van der Waals surface area contributed by atoms with Gasteiger partial charge in [-0.25, -0.2) is 4.79 Å². The third kappa shape index (κ3) is 4.43. The number of nitrogens with one attached hydrogen (secondary N) is 1. The van der Waals surface area contributed by atoms with E-state index in [9.17, 15) is 27.6 Å². The Morgan fingerprint density at radius 1 is 1.13 bits per heavy atom. The fourth-order valence-electron chi connectivity index (χ4n) is 3.45. The number of carboxylic acid groups (broad SMARTS) is 1. The maximum absolute atomic E-state index is 12.5. The van der Waals surface area contributed by atoms with Gasteiger partial charge in [-0.3, -0.25) is 19.3 Å². The molecule has 162 valence electrons. The Labute approximate surface area is 173 Å². The standard InChI is InChI=1S/C16H17N3O3S.C2HF3O2/c20-14-11-3-1-2-4-12(11)15(21)19(14)10-7-13(17-8-10)16(22)18-5-6-23-9-18;3-2(4,5)1(6)7/h1-4,10,13,17H,5-9H2;(H,6,7)/t10-,13-;/m0./s1. The highest BCUT2D eigenvalue weighted by Crippen LogP contribution is 2.28. The minimum absolute atomic E-state index is 0.0779. The van der Waals surface area contributed by atoms with Gasteiger partial charge >= 0.3 is 12.1 Å². The number of carboxylic acids is 1. The number of fused-ring (bicyclic) bond motifs is 1. The lowest BCUT2D eigenvalue weighted by molar-refractivity contribution is -0.192. The number of rotatable bonds is 2. The van der Waals surface area contributed by atoms with Crippen molar-refractivity contribution < 1.29 is 37.5 Å². The number of thioether (sulfide) groups is 1. The third-order valence-corrected chi connectivity index (χ3v) is 5.87. The Morgan fingerprint density at radius 2 is 1.70 bits per heavy atom. The van der Waals surface area contributed by atoms with Crippen LogP contribution in [0.4, 0.5) is 13.2 Å². The van der Waals surface area contributed by atoms with Gasteiger partial charge in [-0.1, -0.05) is 12.1 Å². The van der Waals surface area contributed by atoms with Gasteiger partial charge in [-0.05, 0) is 18.6 Å². The second-order valence-electron chi connectivity index (χ2n) is 6.82. The van der Waals surface area contributed by atoms with Crippen molar-refractivity contribution in [2.45, 2.75) is 24.7 Å². The third-order valence-electron chi connectivity index (χ3n) is 4.90. The van der Waals surface area contributed by atoms with E-state index in [1.807, 2.05) is 4.90 Å². The van der Waals surface area contributed by atoms with Crippen LogP contribution in [0, 0.1) is 0 Å². The summed E-state index contributed by atoms with van der Waals surface area (Å²) in [6, 6.07) is 6.33. The first-order valence-corrected chi connectivity index (χ1v) is 10.1. The van der Waals surface area contributed by atoms with E-state index in [-0.39, 0.29) is 29.8 Å². The molecule has 2 fully saturated rings. The van der Waals surface area contributed by atoms with Crippen molar-refractivity contribution in [3.63, 3.8) is 0 Å². The number of hydrogen-bond acceptors (Lipinski definition) is 6. The molecule has 1 aromatic rings. The first kappa shape index (κ1) is 22.1. The molecule has 2 saturated heterocycles. The number of amides is 3. The van der Waals surface area contributed by atoms with E-state index in [2.05, 4.69) is 5.32 Å². The lowest BCUT2D eigenvalue weighted by Crippen LogP contribution is -2.42. The predicted molar refractivity (Wildman–Crippen MR) is 99.9 cm³/mol. The molecule has 12 heteroatoms. The summed E-state index contributed by atoms with van der Waals surface area (Å²) < 4.78 is 31.7. The summed E-state index contributed by atoms with van der Waals surface area (Å²) in [5.74, 6) is -1.47. The van der Waals surface area contributed by atoms with Crippen LogP contribution in [0.25, 0.3) is 0 Å². The molecule has 3 aliphatic rings. The molecule has 0 aliphatic carbocycles. The van der Waals surface area contributed by atoms with Gasteiger partial charge in [0.15, 0.2) is 0 Å². The number of alkyl halides is 3. The molecule has 3 aliphatic heterocycles. The molecule has 0 spiro atoms. The fourth-order valence-corrected chi connectivity index (χ4v) is 4.40. The molecule has 1 aromatic carbocycles. The molecule has 0 unspecified atom stereocenters. The highest BCUT2D eigenvalue weighted by atomic mass is 32.2. The van der Waals surface area contributed by atoms with E-state index in [0.717, 1.165) is 18.2 Å². The number of carbonyl (C=O) groups is 4. The maximum Gasteiger partial charge on any atom is 0.490 e. The zero-order valence-corrected chi connectivity index (χ0v) is 16.3. The highest BCUT2D eigenvalue weighted by Gasteiger charge is 2.44. The molecule has 4 rings (SSSR count). The molecular weight excluding hydrogens is 427 g/mol. The second kappa shape index (κ2) is 8.64. The van der Waals surface area contributed by atoms with E-state index < -0.39 is 12.1 Å². The summed E-state index contributed by atoms with van der Waals surface area (Å²) >= 11 is 1.75. The van der Waals surface area contributed by atoms with Crippen LogP contribution in [-0.2, 0) is 9.59 Å². The largest absolute Gasteiger partial charge is 0.490 e. The molecule has 8 nitrogen and oxygen atoms in total. The van der Waals surface area contributed by atoms with E-state index in [4.69, 9.17) is 9.90 Å². The van der Waals surface area contributed by atoms with Crippen LogP contribution >= 0.6 is 11.8 Å². The molecule has 3 amide bonds. The van der Waals surface area contributed by atoms with Gasteiger partial charge in [0, 0.05) is 18.8 Å². The Kier molecular flexibility index (Phi) is 6.36. The summed E-state index contributed by atoms with van der Waals surface area (Å²) in [5.41, 5.74) is 0.923. The molecule has 0 saturated carbocycles. The number of benzene rings is 1. The molecule has 2 N–H and O–H groups in total. The number of imide groups is 1. The van der Waals surface area contributed by atoms with E-state index in [0.29, 0.717) is 24.1 Å². The lowest BCUT2D eigenvalue weighted by atomic mass is 10.1. The van der Waals surface area contributed by atoms with Crippen molar-refractivity contribution in [3.05, 3.63) is 35.4 Å². The summed E-state index contributed by atoms with van der Waals surface area (Å²) in [6.45, 7) is 1.25. The van der Waals surface area contributed by atoms with Gasteiger partial charge in [0.2, 0.25) is 5.91 Å². The highest BCUT2D eigenvalue weighted by molar-refractivity contribution is 7.99. The monoisotopic (exact) mass is 445 g/mol. The van der Waals surface area contributed by atoms with E-state index >= 15 is 0 Å². The van der Waals surface area contributed by atoms with Crippen LogP contribution in [-0.4, -0.2) is 81.6 Å². The van der Waals surface area contributed by atoms with Gasteiger partial charge in [0.1, 0.15) is 0 Å². The van der Waals surface area contributed by atoms with Gasteiger partial charge in [0.05, 0.1) is 29.1 Å². The molecular formula is C18H18F3N3O5S. The van der Waals surface area contributed by atoms with Gasteiger partial charge in [-0.2, -0.15) is 13.2 Å². The maximum atomic E-state index is 12.5. The van der Waals surface area contributed by atoms with Crippen molar-refractivity contribution in [1.29, 1.82) is 0 Å². The minimum atomic E-state index is -5.08. The quantitative estimate of drug-likeness (QED) is 0.659. The number of hydrogen-bond donors (Lipinski definition) is 2. The van der Waals surface area contributed by atoms with Crippen LogP contribution in [0.1, 0.15) is 27.1 Å². The van der Waals surface area contributed by atoms with Crippen LogP contribution in [0.5, 0.6) is 0 Å². The summed E-state index contributed by atoms with van der Waals surface area (Å²) in [5, 5.41) is 10.3. The van der Waals surface area contributed by atoms with Crippen molar-refractivity contribution >= 4 is 35.5 Å². The average Bonchev–Trinajstić information content (AvgIpc) is 3.43. The molecule has 30 heavy (non-hydrogen) atoms. The first-order valence-electron chi connectivity index (χ1n) is 8.98. The molecule has 0 bridgehead atoms. The lowest BCUT2D eigenvalue weighted by Gasteiger charge is -2.22. The van der Waals surface area contributed by atoms with E-state index in [1.54, 1.807) is 36.0 Å². The fraction of sp³-hybridized carbons (Fsp3) is 0.444. The SMILES string of the molecule is O=C(O)C(F)(F)F.O=C([C@@H]1C[C@H](N2C(=O)c3ccccc3C2=O)CN1)N1CCSC1. The number of carbonyl (C=O) groups excluding carboxylic acids is 3. The Morgan fingerprint density at radius 3 is 2.17 bits per heavy atom. The Bertz CT molecular complexity index is 838. The van der Waals surface area contributed by atoms with Crippen molar-refractivity contribution in [1.82, 2.24) is 15.1 Å². The second-order valence-corrected chi connectivity index (χ2v) is 7.89. The van der Waals surface area contributed by atoms with Crippen LogP contribution in [0.3, 0.4) is 0 Å². The summed E-state index contributed by atoms with van der Waals surface area (Å²) in [4.78, 5) is 49.5. The molecule has 3 heterocycles. The minimum Gasteiger partial charge on any atom is -0.475 e. The molecule has 0 radical (unpaired) electrons. The van der Waals surface area contributed by atoms with E-state index in [1.165, 1.54) is 4.90 Å². The number of halogens is 3. The zero-order chi connectivity index (χ0) is 22.1. The smallest absolute Gasteiger partial charge is 0.475 e. The predicted octanol–water partition coefficient (Wildman–Crippen LogP) is 1.18. The topological polar surface area (TPSA) is 107 Å².